The number of Topliss-reactive ketones (excluding diaryl/α,β-unsaturated/α-hetero) is 1. The molecule has 1 fully saturated rings. The number of benzene rings is 2. The van der Waals surface area contributed by atoms with E-state index >= 15 is 0 Å². The third kappa shape index (κ3) is 3.86. The summed E-state index contributed by atoms with van der Waals surface area (Å²) in [5.41, 5.74) is 3.15. The van der Waals surface area contributed by atoms with Crippen molar-refractivity contribution in [2.45, 2.75) is 38.5 Å². The quantitative estimate of drug-likeness (QED) is 0.750. The van der Waals surface area contributed by atoms with E-state index < -0.39 is 21.9 Å². The van der Waals surface area contributed by atoms with Gasteiger partial charge in [-0.15, -0.1) is 0 Å². The molecule has 1 aliphatic rings. The van der Waals surface area contributed by atoms with Crippen molar-refractivity contribution in [2.24, 2.45) is 0 Å². The van der Waals surface area contributed by atoms with E-state index in [-0.39, 0.29) is 11.5 Å². The molecule has 1 aliphatic heterocycles. The fraction of sp³-hybridized carbons (Fsp3) is 0.350. The molecular weight excluding hydrogens is 353 g/mol. The van der Waals surface area contributed by atoms with Gasteiger partial charge < -0.3 is 0 Å². The highest BCUT2D eigenvalue weighted by molar-refractivity contribution is 7.88. The Morgan fingerprint density at radius 2 is 1.81 bits per heavy atom. The van der Waals surface area contributed by atoms with Gasteiger partial charge in [-0.3, -0.25) is 4.79 Å². The van der Waals surface area contributed by atoms with Gasteiger partial charge >= 0.3 is 0 Å². The van der Waals surface area contributed by atoms with Crippen molar-refractivity contribution in [2.75, 3.05) is 6.54 Å². The second-order valence-corrected chi connectivity index (χ2v) is 8.74. The van der Waals surface area contributed by atoms with Gasteiger partial charge in [0, 0.05) is 12.1 Å². The lowest BCUT2D eigenvalue weighted by Gasteiger charge is -2.23. The second-order valence-electron chi connectivity index (χ2n) is 6.81. The zero-order valence-electron chi connectivity index (χ0n) is 14.9. The van der Waals surface area contributed by atoms with Crippen LogP contribution in [0.25, 0.3) is 0 Å². The number of sulfonamides is 1. The van der Waals surface area contributed by atoms with Gasteiger partial charge in [0.05, 0.1) is 11.8 Å². The molecule has 0 aromatic heterocycles. The molecule has 0 aliphatic carbocycles. The van der Waals surface area contributed by atoms with Crippen LogP contribution in [0.2, 0.25) is 0 Å². The Bertz CT molecular complexity index is 923. The normalized spacial score (nSPS) is 18.2. The number of hydrogen-bond donors (Lipinski definition) is 0. The molecule has 1 heterocycles. The van der Waals surface area contributed by atoms with E-state index in [2.05, 4.69) is 0 Å². The van der Waals surface area contributed by atoms with Crippen molar-refractivity contribution in [3.63, 3.8) is 0 Å². The molecular formula is C20H22FNO3S. The first kappa shape index (κ1) is 18.7. The molecule has 0 radical (unpaired) electrons. The summed E-state index contributed by atoms with van der Waals surface area (Å²) < 4.78 is 40.0. The fourth-order valence-corrected chi connectivity index (χ4v) is 5.07. The van der Waals surface area contributed by atoms with Crippen molar-refractivity contribution in [3.05, 3.63) is 70.5 Å². The average Bonchev–Trinajstić information content (AvgIpc) is 3.09. The lowest BCUT2D eigenvalue weighted by molar-refractivity contribution is 0.0918. The largest absolute Gasteiger partial charge is 0.292 e. The third-order valence-electron chi connectivity index (χ3n) is 4.92. The maximum Gasteiger partial charge on any atom is 0.218 e. The Labute approximate surface area is 153 Å². The van der Waals surface area contributed by atoms with Gasteiger partial charge in [0.1, 0.15) is 5.82 Å². The molecule has 1 unspecified atom stereocenters. The van der Waals surface area contributed by atoms with Crippen LogP contribution in [0.5, 0.6) is 0 Å². The standard InChI is InChI=1S/C20H22FNO3S/c1-14-5-8-17(12-15(14)2)20(23)19-4-3-11-22(19)26(24,25)13-16-6-9-18(21)10-7-16/h5-10,12,19H,3-4,11,13H2,1-2H3. The summed E-state index contributed by atoms with van der Waals surface area (Å²) in [6.07, 6.45) is 1.18. The van der Waals surface area contributed by atoms with Crippen molar-refractivity contribution in [1.82, 2.24) is 4.31 Å². The number of aryl methyl sites for hydroxylation is 2. The van der Waals surface area contributed by atoms with Crippen LogP contribution in [0, 0.1) is 19.7 Å². The smallest absolute Gasteiger partial charge is 0.218 e. The maximum atomic E-state index is 13.0. The number of hydrogen-bond acceptors (Lipinski definition) is 3. The van der Waals surface area contributed by atoms with Crippen molar-refractivity contribution in [3.8, 4) is 0 Å². The van der Waals surface area contributed by atoms with E-state index in [1.54, 1.807) is 6.07 Å². The van der Waals surface area contributed by atoms with E-state index in [0.29, 0.717) is 30.5 Å². The first-order valence-electron chi connectivity index (χ1n) is 8.63. The van der Waals surface area contributed by atoms with E-state index in [0.717, 1.165) is 11.1 Å². The van der Waals surface area contributed by atoms with Gasteiger partial charge in [0.15, 0.2) is 5.78 Å². The molecule has 1 saturated heterocycles. The topological polar surface area (TPSA) is 54.5 Å². The summed E-state index contributed by atoms with van der Waals surface area (Å²) in [5, 5.41) is 0. The van der Waals surface area contributed by atoms with E-state index in [1.165, 1.54) is 28.6 Å². The average molecular weight is 375 g/mol. The van der Waals surface area contributed by atoms with Crippen molar-refractivity contribution in [1.29, 1.82) is 0 Å². The highest BCUT2D eigenvalue weighted by Gasteiger charge is 2.38. The fourth-order valence-electron chi connectivity index (χ4n) is 3.30. The van der Waals surface area contributed by atoms with Crippen LogP contribution < -0.4 is 0 Å². The lowest BCUT2D eigenvalue weighted by atomic mass is 9.99. The van der Waals surface area contributed by atoms with Crippen molar-refractivity contribution < 1.29 is 17.6 Å². The van der Waals surface area contributed by atoms with Crippen molar-refractivity contribution >= 4 is 15.8 Å². The Kier molecular flexibility index (Phi) is 5.25. The van der Waals surface area contributed by atoms with Gasteiger partial charge in [-0.1, -0.05) is 24.3 Å². The summed E-state index contributed by atoms with van der Waals surface area (Å²) >= 11 is 0. The molecule has 0 amide bonds. The van der Waals surface area contributed by atoms with Gasteiger partial charge in [0.2, 0.25) is 10.0 Å². The molecule has 0 saturated carbocycles. The molecule has 26 heavy (non-hydrogen) atoms. The second kappa shape index (κ2) is 7.29. The molecule has 2 aromatic rings. The zero-order valence-corrected chi connectivity index (χ0v) is 15.7. The Morgan fingerprint density at radius 3 is 2.46 bits per heavy atom. The van der Waals surface area contributed by atoms with Crippen LogP contribution >= 0.6 is 0 Å². The first-order chi connectivity index (χ1) is 12.3. The highest BCUT2D eigenvalue weighted by atomic mass is 32.2. The third-order valence-corrected chi connectivity index (χ3v) is 6.77. The number of carbonyl (C=O) groups excluding carboxylic acids is 1. The number of ketones is 1. The van der Waals surface area contributed by atoms with Gasteiger partial charge in [-0.25, -0.2) is 12.8 Å². The minimum atomic E-state index is -3.66. The van der Waals surface area contributed by atoms with Crippen LogP contribution in [-0.2, 0) is 15.8 Å². The van der Waals surface area contributed by atoms with Crippen LogP contribution in [-0.4, -0.2) is 31.1 Å². The Balaban J connectivity index is 1.83. The number of rotatable bonds is 5. The minimum absolute atomic E-state index is 0.159. The molecule has 4 nitrogen and oxygen atoms in total. The monoisotopic (exact) mass is 375 g/mol. The predicted molar refractivity (Wildman–Crippen MR) is 99.0 cm³/mol. The zero-order chi connectivity index (χ0) is 18.9. The van der Waals surface area contributed by atoms with Gasteiger partial charge in [-0.05, 0) is 61.6 Å². The molecule has 2 aromatic carbocycles. The summed E-state index contributed by atoms with van der Waals surface area (Å²) in [6, 6.07) is 10.2. The summed E-state index contributed by atoms with van der Waals surface area (Å²) in [4.78, 5) is 12.9. The van der Waals surface area contributed by atoms with Crippen LogP contribution in [0.4, 0.5) is 4.39 Å². The summed E-state index contributed by atoms with van der Waals surface area (Å²) in [5.74, 6) is -0.798. The van der Waals surface area contributed by atoms with E-state index in [4.69, 9.17) is 0 Å². The Morgan fingerprint density at radius 1 is 1.12 bits per heavy atom. The van der Waals surface area contributed by atoms with Crippen LogP contribution in [0.15, 0.2) is 42.5 Å². The lowest BCUT2D eigenvalue weighted by Crippen LogP contribution is -2.41. The van der Waals surface area contributed by atoms with E-state index in [1.807, 2.05) is 26.0 Å². The molecule has 0 bridgehead atoms. The van der Waals surface area contributed by atoms with Gasteiger partial charge in [0.25, 0.3) is 0 Å². The Hall–Kier alpha value is -2.05. The summed E-state index contributed by atoms with van der Waals surface area (Å²) in [6.45, 7) is 4.24. The molecule has 0 spiro atoms. The molecule has 6 heteroatoms. The predicted octanol–water partition coefficient (Wildman–Crippen LogP) is 3.62. The SMILES string of the molecule is Cc1ccc(C(=O)C2CCCN2S(=O)(=O)Cc2ccc(F)cc2)cc1C. The highest BCUT2D eigenvalue weighted by Crippen LogP contribution is 2.27. The first-order valence-corrected chi connectivity index (χ1v) is 10.2. The van der Waals surface area contributed by atoms with Gasteiger partial charge in [-0.2, -0.15) is 4.31 Å². The number of halogens is 1. The van der Waals surface area contributed by atoms with Crippen LogP contribution in [0.3, 0.4) is 0 Å². The van der Waals surface area contributed by atoms with Crippen LogP contribution in [0.1, 0.15) is 39.9 Å². The number of carbonyl (C=O) groups is 1. The number of nitrogens with zero attached hydrogens (tertiary/aromatic N) is 1. The molecule has 3 rings (SSSR count). The minimum Gasteiger partial charge on any atom is -0.292 e. The molecule has 138 valence electrons. The summed E-state index contributed by atoms with van der Waals surface area (Å²) in [7, 11) is -3.66. The molecule has 1 atom stereocenters. The maximum absolute atomic E-state index is 13.0. The molecule has 0 N–H and O–H groups in total. The van der Waals surface area contributed by atoms with E-state index in [9.17, 15) is 17.6 Å².